The van der Waals surface area contributed by atoms with Gasteiger partial charge in [0, 0.05) is 12.1 Å². The number of ether oxygens (including phenoxy) is 3. The van der Waals surface area contributed by atoms with Gasteiger partial charge in [0.15, 0.2) is 0 Å². The van der Waals surface area contributed by atoms with Crippen molar-refractivity contribution in [3.8, 4) is 23.0 Å². The summed E-state index contributed by atoms with van der Waals surface area (Å²) in [5.41, 5.74) is 12.8. The summed E-state index contributed by atoms with van der Waals surface area (Å²) in [7, 11) is 0. The third-order valence-corrected chi connectivity index (χ3v) is 2.81. The normalized spacial score (nSPS) is 10.2. The number of hydrogen-bond acceptors (Lipinski definition) is 5. The summed E-state index contributed by atoms with van der Waals surface area (Å²) in [6.07, 6.45) is 0. The summed E-state index contributed by atoms with van der Waals surface area (Å²) >= 11 is 0. The number of anilines is 2. The molecule has 0 amide bonds. The number of benzene rings is 2. The van der Waals surface area contributed by atoms with Crippen LogP contribution in [-0.2, 0) is 0 Å². The third-order valence-electron chi connectivity index (χ3n) is 2.81. The van der Waals surface area contributed by atoms with E-state index in [1.54, 1.807) is 36.4 Å². The molecule has 0 radical (unpaired) electrons. The number of nitrogen functional groups attached to an aromatic ring is 2. The Hall–Kier alpha value is -2.56. The second kappa shape index (κ2) is 6.74. The molecule has 2 rings (SSSR count). The van der Waals surface area contributed by atoms with E-state index in [1.165, 1.54) is 0 Å². The van der Waals surface area contributed by atoms with Crippen LogP contribution >= 0.6 is 0 Å². The van der Waals surface area contributed by atoms with Crippen LogP contribution in [0.5, 0.6) is 23.0 Å². The second-order valence-electron chi connectivity index (χ2n) is 4.37. The zero-order chi connectivity index (χ0) is 15.2. The molecule has 112 valence electrons. The van der Waals surface area contributed by atoms with Crippen molar-refractivity contribution in [3.05, 3.63) is 36.4 Å². The van der Waals surface area contributed by atoms with Gasteiger partial charge in [0.05, 0.1) is 24.6 Å². The molecule has 0 aliphatic heterocycles. The van der Waals surface area contributed by atoms with Gasteiger partial charge in [0.2, 0.25) is 0 Å². The lowest BCUT2D eigenvalue weighted by molar-refractivity contribution is 0.338. The Morgan fingerprint density at radius 3 is 1.57 bits per heavy atom. The maximum atomic E-state index is 5.84. The van der Waals surface area contributed by atoms with Crippen molar-refractivity contribution in [1.82, 2.24) is 0 Å². The van der Waals surface area contributed by atoms with Gasteiger partial charge in [0.25, 0.3) is 0 Å². The Bertz CT molecular complexity index is 561. The van der Waals surface area contributed by atoms with Crippen LogP contribution in [-0.4, -0.2) is 13.2 Å². The fourth-order valence-electron chi connectivity index (χ4n) is 1.85. The molecule has 0 unspecified atom stereocenters. The molecule has 0 bridgehead atoms. The predicted molar refractivity (Wildman–Crippen MR) is 84.1 cm³/mol. The maximum absolute atomic E-state index is 5.84. The summed E-state index contributed by atoms with van der Waals surface area (Å²) in [5, 5.41) is 0. The average Bonchev–Trinajstić information content (AvgIpc) is 2.47. The Kier molecular flexibility index (Phi) is 4.77. The molecular weight excluding hydrogens is 268 g/mol. The van der Waals surface area contributed by atoms with E-state index in [9.17, 15) is 0 Å². The molecule has 0 heterocycles. The largest absolute Gasteiger partial charge is 0.492 e. The van der Waals surface area contributed by atoms with Gasteiger partial charge in [-0.2, -0.15) is 0 Å². The smallest absolute Gasteiger partial charge is 0.145 e. The number of rotatable bonds is 6. The van der Waals surface area contributed by atoms with Gasteiger partial charge in [-0.1, -0.05) is 0 Å². The lowest BCUT2D eigenvalue weighted by Crippen LogP contribution is -1.98. The van der Waals surface area contributed by atoms with Crippen molar-refractivity contribution in [1.29, 1.82) is 0 Å². The minimum absolute atomic E-state index is 0.546. The highest BCUT2D eigenvalue weighted by Gasteiger charge is 2.06. The fraction of sp³-hybridized carbons (Fsp3) is 0.250. The quantitative estimate of drug-likeness (QED) is 0.796. The molecule has 0 aliphatic rings. The number of hydrogen-bond donors (Lipinski definition) is 2. The SMILES string of the molecule is CCOc1cc(Oc2ccc(N)c(OCC)c2)ccc1N. The first kappa shape index (κ1) is 14.8. The van der Waals surface area contributed by atoms with Crippen LogP contribution in [0.2, 0.25) is 0 Å². The van der Waals surface area contributed by atoms with Crippen molar-refractivity contribution >= 4 is 11.4 Å². The van der Waals surface area contributed by atoms with E-state index < -0.39 is 0 Å². The van der Waals surface area contributed by atoms with Crippen LogP contribution in [0.15, 0.2) is 36.4 Å². The van der Waals surface area contributed by atoms with Gasteiger partial charge in [-0.05, 0) is 38.1 Å². The topological polar surface area (TPSA) is 79.7 Å². The van der Waals surface area contributed by atoms with E-state index in [0.717, 1.165) is 0 Å². The predicted octanol–water partition coefficient (Wildman–Crippen LogP) is 3.44. The molecule has 5 heteroatoms. The summed E-state index contributed by atoms with van der Waals surface area (Å²) in [5.74, 6) is 2.49. The van der Waals surface area contributed by atoms with Crippen LogP contribution < -0.4 is 25.7 Å². The van der Waals surface area contributed by atoms with Crippen molar-refractivity contribution in [2.24, 2.45) is 0 Å². The molecule has 21 heavy (non-hydrogen) atoms. The van der Waals surface area contributed by atoms with E-state index in [1.807, 2.05) is 13.8 Å². The molecule has 0 spiro atoms. The highest BCUT2D eigenvalue weighted by Crippen LogP contribution is 2.33. The first-order chi connectivity index (χ1) is 10.1. The molecule has 2 aromatic carbocycles. The molecule has 5 nitrogen and oxygen atoms in total. The van der Waals surface area contributed by atoms with E-state index in [4.69, 9.17) is 25.7 Å². The minimum atomic E-state index is 0.546. The molecule has 0 atom stereocenters. The fourth-order valence-corrected chi connectivity index (χ4v) is 1.85. The van der Waals surface area contributed by atoms with Gasteiger partial charge in [-0.3, -0.25) is 0 Å². The lowest BCUT2D eigenvalue weighted by Gasteiger charge is -2.12. The minimum Gasteiger partial charge on any atom is -0.492 e. The summed E-state index contributed by atoms with van der Waals surface area (Å²) in [4.78, 5) is 0. The van der Waals surface area contributed by atoms with Crippen LogP contribution in [0.3, 0.4) is 0 Å². The van der Waals surface area contributed by atoms with E-state index in [-0.39, 0.29) is 0 Å². The van der Waals surface area contributed by atoms with Gasteiger partial charge < -0.3 is 25.7 Å². The first-order valence-corrected chi connectivity index (χ1v) is 6.86. The molecule has 0 saturated carbocycles. The summed E-state index contributed by atoms with van der Waals surface area (Å²) in [6, 6.07) is 10.6. The van der Waals surface area contributed by atoms with E-state index in [0.29, 0.717) is 47.6 Å². The van der Waals surface area contributed by atoms with Gasteiger partial charge in [-0.25, -0.2) is 0 Å². The Labute approximate surface area is 124 Å². The van der Waals surface area contributed by atoms with E-state index >= 15 is 0 Å². The maximum Gasteiger partial charge on any atom is 0.145 e. The van der Waals surface area contributed by atoms with Gasteiger partial charge in [-0.15, -0.1) is 0 Å². The van der Waals surface area contributed by atoms with Crippen LogP contribution in [0.4, 0.5) is 11.4 Å². The van der Waals surface area contributed by atoms with Crippen molar-refractivity contribution < 1.29 is 14.2 Å². The highest BCUT2D eigenvalue weighted by molar-refractivity contribution is 5.58. The Balaban J connectivity index is 2.21. The van der Waals surface area contributed by atoms with Crippen molar-refractivity contribution in [2.75, 3.05) is 24.7 Å². The highest BCUT2D eigenvalue weighted by atomic mass is 16.5. The van der Waals surface area contributed by atoms with Gasteiger partial charge in [0.1, 0.15) is 23.0 Å². The van der Waals surface area contributed by atoms with Crippen molar-refractivity contribution in [2.45, 2.75) is 13.8 Å². The molecule has 0 saturated heterocycles. The molecule has 2 aromatic rings. The zero-order valence-corrected chi connectivity index (χ0v) is 12.3. The first-order valence-electron chi connectivity index (χ1n) is 6.86. The average molecular weight is 288 g/mol. The van der Waals surface area contributed by atoms with Crippen LogP contribution in [0, 0.1) is 0 Å². The standard InChI is InChI=1S/C16H20N2O3/c1-3-19-15-9-11(5-7-13(15)17)21-12-6-8-14(18)16(10-12)20-4-2/h5-10H,3-4,17-18H2,1-2H3. The third kappa shape index (κ3) is 3.72. The monoisotopic (exact) mass is 288 g/mol. The molecular formula is C16H20N2O3. The summed E-state index contributed by atoms with van der Waals surface area (Å²) < 4.78 is 16.7. The molecule has 0 aliphatic carbocycles. The summed E-state index contributed by atoms with van der Waals surface area (Å²) in [6.45, 7) is 4.90. The zero-order valence-electron chi connectivity index (χ0n) is 12.3. The molecule has 0 fully saturated rings. The van der Waals surface area contributed by atoms with Crippen LogP contribution in [0.25, 0.3) is 0 Å². The van der Waals surface area contributed by atoms with E-state index in [2.05, 4.69) is 0 Å². The molecule has 4 N–H and O–H groups in total. The lowest BCUT2D eigenvalue weighted by atomic mass is 10.2. The Morgan fingerprint density at radius 2 is 1.19 bits per heavy atom. The van der Waals surface area contributed by atoms with Crippen molar-refractivity contribution in [3.63, 3.8) is 0 Å². The van der Waals surface area contributed by atoms with Gasteiger partial charge >= 0.3 is 0 Å². The second-order valence-corrected chi connectivity index (χ2v) is 4.37. The number of nitrogens with two attached hydrogens (primary N) is 2. The Morgan fingerprint density at radius 1 is 0.762 bits per heavy atom. The molecule has 0 aromatic heterocycles. The van der Waals surface area contributed by atoms with Crippen LogP contribution in [0.1, 0.15) is 13.8 Å².